The third-order valence-electron chi connectivity index (χ3n) is 3.28. The summed E-state index contributed by atoms with van der Waals surface area (Å²) in [6.07, 6.45) is 0. The molecule has 6 nitrogen and oxygen atoms in total. The molecule has 7 heteroatoms. The van der Waals surface area contributed by atoms with Gasteiger partial charge >= 0.3 is 0 Å². The Morgan fingerprint density at radius 2 is 1.90 bits per heavy atom. The molecule has 20 heavy (non-hydrogen) atoms. The van der Waals surface area contributed by atoms with Gasteiger partial charge in [0.05, 0.1) is 10.6 Å². The van der Waals surface area contributed by atoms with Gasteiger partial charge in [0.1, 0.15) is 0 Å². The molecule has 1 aromatic rings. The van der Waals surface area contributed by atoms with E-state index in [9.17, 15) is 15.0 Å². The molecule has 4 N–H and O–H groups in total. The van der Waals surface area contributed by atoms with Crippen LogP contribution in [0.3, 0.4) is 0 Å². The van der Waals surface area contributed by atoms with Crippen LogP contribution in [-0.4, -0.2) is 63.6 Å². The van der Waals surface area contributed by atoms with Crippen LogP contribution in [0.1, 0.15) is 10.4 Å². The first kappa shape index (κ1) is 14.5. The van der Waals surface area contributed by atoms with Crippen molar-refractivity contribution in [1.82, 2.24) is 9.80 Å². The first-order valence-electron chi connectivity index (χ1n) is 6.30. The molecule has 0 radical (unpaired) electrons. The summed E-state index contributed by atoms with van der Waals surface area (Å²) in [5.74, 6) is -0.945. The van der Waals surface area contributed by atoms with Gasteiger partial charge in [-0.25, -0.2) is 0 Å². The number of amides is 1. The minimum atomic E-state index is -0.372. The van der Waals surface area contributed by atoms with E-state index in [-0.39, 0.29) is 23.0 Å². The number of phenols is 2. The number of piperazine rings is 1. The Hall–Kier alpha value is -1.86. The number of hydrogen-bond donors (Lipinski definition) is 3. The maximum atomic E-state index is 12.3. The molecule has 108 valence electrons. The number of carbonyl (C=O) groups is 1. The number of para-hydroxylation sites is 1. The number of nitrogens with zero attached hydrogens (tertiary/aromatic N) is 2. The van der Waals surface area contributed by atoms with Crippen molar-refractivity contribution in [1.29, 1.82) is 0 Å². The van der Waals surface area contributed by atoms with Gasteiger partial charge < -0.3 is 20.8 Å². The minimum absolute atomic E-state index is 0.118. The Balaban J connectivity index is 2.02. The first-order chi connectivity index (χ1) is 9.49. The summed E-state index contributed by atoms with van der Waals surface area (Å²) in [5.41, 5.74) is 5.61. The zero-order chi connectivity index (χ0) is 14.7. The summed E-state index contributed by atoms with van der Waals surface area (Å²) < 4.78 is 0. The number of phenolic OH excluding ortho intramolecular Hbond substituents is 2. The molecule has 0 bridgehead atoms. The van der Waals surface area contributed by atoms with Gasteiger partial charge in [-0.3, -0.25) is 9.69 Å². The zero-order valence-corrected chi connectivity index (χ0v) is 11.8. The number of rotatable bonds is 3. The number of aromatic hydroxyl groups is 2. The highest BCUT2D eigenvalue weighted by Gasteiger charge is 2.24. The molecule has 0 unspecified atom stereocenters. The standard InChI is InChI=1S/C13H17N3O3S/c14-11(20)8-15-4-6-16(7-5-15)13(19)9-2-1-3-10(17)12(9)18/h1-3,17-18H,4-8H2,(H2,14,20). The van der Waals surface area contributed by atoms with Crippen molar-refractivity contribution in [2.75, 3.05) is 32.7 Å². The second kappa shape index (κ2) is 6.06. The van der Waals surface area contributed by atoms with Crippen LogP contribution >= 0.6 is 12.2 Å². The van der Waals surface area contributed by atoms with E-state index in [1.54, 1.807) is 4.90 Å². The van der Waals surface area contributed by atoms with E-state index in [0.29, 0.717) is 37.7 Å². The van der Waals surface area contributed by atoms with Crippen molar-refractivity contribution >= 4 is 23.1 Å². The van der Waals surface area contributed by atoms with E-state index in [0.717, 1.165) is 0 Å². The molecular weight excluding hydrogens is 278 g/mol. The number of carbonyl (C=O) groups excluding carboxylic acids is 1. The van der Waals surface area contributed by atoms with E-state index in [1.165, 1.54) is 18.2 Å². The monoisotopic (exact) mass is 295 g/mol. The molecule has 2 rings (SSSR count). The lowest BCUT2D eigenvalue weighted by atomic mass is 10.1. The van der Waals surface area contributed by atoms with Gasteiger partial charge in [0, 0.05) is 32.7 Å². The normalized spacial score (nSPS) is 16.1. The highest BCUT2D eigenvalue weighted by molar-refractivity contribution is 7.80. The molecule has 0 saturated carbocycles. The molecule has 1 aliphatic rings. The van der Waals surface area contributed by atoms with Gasteiger partial charge in [0.25, 0.3) is 5.91 Å². The maximum Gasteiger partial charge on any atom is 0.257 e. The first-order valence-corrected chi connectivity index (χ1v) is 6.70. The highest BCUT2D eigenvalue weighted by Crippen LogP contribution is 2.29. The molecule has 0 aliphatic carbocycles. The smallest absolute Gasteiger partial charge is 0.257 e. The second-order valence-electron chi connectivity index (χ2n) is 4.71. The molecule has 0 aromatic heterocycles. The molecule has 1 saturated heterocycles. The van der Waals surface area contributed by atoms with Gasteiger partial charge in [0.2, 0.25) is 0 Å². The summed E-state index contributed by atoms with van der Waals surface area (Å²) in [5, 5.41) is 19.2. The van der Waals surface area contributed by atoms with Crippen LogP contribution in [0, 0.1) is 0 Å². The van der Waals surface area contributed by atoms with Crippen molar-refractivity contribution < 1.29 is 15.0 Å². The van der Waals surface area contributed by atoms with Crippen LogP contribution in [-0.2, 0) is 0 Å². The van der Waals surface area contributed by atoms with Crippen molar-refractivity contribution in [3.8, 4) is 11.5 Å². The van der Waals surface area contributed by atoms with E-state index in [2.05, 4.69) is 4.90 Å². The Morgan fingerprint density at radius 3 is 2.50 bits per heavy atom. The van der Waals surface area contributed by atoms with Crippen LogP contribution in [0.15, 0.2) is 18.2 Å². The molecule has 1 aliphatic heterocycles. The van der Waals surface area contributed by atoms with Gasteiger partial charge in [-0.05, 0) is 12.1 Å². The summed E-state index contributed by atoms with van der Waals surface area (Å²) in [7, 11) is 0. The fraction of sp³-hybridized carbons (Fsp3) is 0.385. The van der Waals surface area contributed by atoms with E-state index < -0.39 is 0 Å². The fourth-order valence-corrected chi connectivity index (χ4v) is 2.39. The van der Waals surface area contributed by atoms with Crippen molar-refractivity contribution in [3.63, 3.8) is 0 Å². The fourth-order valence-electron chi connectivity index (χ4n) is 2.20. The number of hydrogen-bond acceptors (Lipinski definition) is 5. The molecule has 1 aromatic carbocycles. The minimum Gasteiger partial charge on any atom is -0.504 e. The van der Waals surface area contributed by atoms with E-state index in [1.807, 2.05) is 0 Å². The quantitative estimate of drug-likeness (QED) is 0.543. The largest absolute Gasteiger partial charge is 0.504 e. The summed E-state index contributed by atoms with van der Waals surface area (Å²) in [6, 6.07) is 4.37. The molecule has 0 atom stereocenters. The number of thiocarbonyl (C=S) groups is 1. The van der Waals surface area contributed by atoms with Crippen LogP contribution < -0.4 is 5.73 Å². The SMILES string of the molecule is NC(=S)CN1CCN(C(=O)c2cccc(O)c2O)CC1. The maximum absolute atomic E-state index is 12.3. The average molecular weight is 295 g/mol. The molecule has 1 amide bonds. The van der Waals surface area contributed by atoms with Gasteiger partial charge in [-0.2, -0.15) is 0 Å². The number of benzene rings is 1. The third kappa shape index (κ3) is 3.17. The second-order valence-corrected chi connectivity index (χ2v) is 5.23. The summed E-state index contributed by atoms with van der Waals surface area (Å²) in [4.78, 5) is 16.4. The van der Waals surface area contributed by atoms with Crippen molar-refractivity contribution in [2.45, 2.75) is 0 Å². The lowest BCUT2D eigenvalue weighted by Crippen LogP contribution is -2.50. The predicted octanol–water partition coefficient (Wildman–Crippen LogP) is 0.142. The molecule has 0 spiro atoms. The molecular formula is C13H17N3O3S. The summed E-state index contributed by atoms with van der Waals surface area (Å²) >= 11 is 4.86. The van der Waals surface area contributed by atoms with Crippen LogP contribution in [0.5, 0.6) is 11.5 Å². The van der Waals surface area contributed by atoms with Crippen LogP contribution in [0.2, 0.25) is 0 Å². The van der Waals surface area contributed by atoms with E-state index >= 15 is 0 Å². The Kier molecular flexibility index (Phi) is 4.41. The summed E-state index contributed by atoms with van der Waals surface area (Å²) in [6.45, 7) is 2.99. The van der Waals surface area contributed by atoms with Crippen LogP contribution in [0.4, 0.5) is 0 Å². The van der Waals surface area contributed by atoms with Gasteiger partial charge in [-0.1, -0.05) is 18.3 Å². The third-order valence-corrected chi connectivity index (χ3v) is 3.41. The Labute approximate surface area is 122 Å². The van der Waals surface area contributed by atoms with Gasteiger partial charge in [-0.15, -0.1) is 0 Å². The van der Waals surface area contributed by atoms with E-state index in [4.69, 9.17) is 18.0 Å². The van der Waals surface area contributed by atoms with Crippen molar-refractivity contribution in [2.24, 2.45) is 5.73 Å². The lowest BCUT2D eigenvalue weighted by Gasteiger charge is -2.34. The molecule has 1 fully saturated rings. The number of nitrogens with two attached hydrogens (primary N) is 1. The zero-order valence-electron chi connectivity index (χ0n) is 11.0. The van der Waals surface area contributed by atoms with Crippen molar-refractivity contribution in [3.05, 3.63) is 23.8 Å². The Morgan fingerprint density at radius 1 is 1.25 bits per heavy atom. The van der Waals surface area contributed by atoms with Crippen LogP contribution in [0.25, 0.3) is 0 Å². The predicted molar refractivity (Wildman–Crippen MR) is 78.9 cm³/mol. The lowest BCUT2D eigenvalue weighted by molar-refractivity contribution is 0.0651. The topological polar surface area (TPSA) is 90.0 Å². The Bertz CT molecular complexity index is 528. The molecule has 1 heterocycles. The van der Waals surface area contributed by atoms with Gasteiger partial charge in [0.15, 0.2) is 11.5 Å². The average Bonchev–Trinajstić information content (AvgIpc) is 2.41. The highest BCUT2D eigenvalue weighted by atomic mass is 32.1.